The zero-order valence-corrected chi connectivity index (χ0v) is 11.2. The Hall–Kier alpha value is -0.383. The third-order valence-electron chi connectivity index (χ3n) is 3.44. The zero-order valence-electron chi connectivity index (χ0n) is 8.61. The third kappa shape index (κ3) is 1.53. The molecule has 0 N–H and O–H groups in total. The summed E-state index contributed by atoms with van der Waals surface area (Å²) in [6.07, 6.45) is 2.89. The van der Waals surface area contributed by atoms with Gasteiger partial charge in [-0.25, -0.2) is 0 Å². The Morgan fingerprint density at radius 2 is 1.40 bits per heavy atom. The molecule has 3 rings (SSSR count). The summed E-state index contributed by atoms with van der Waals surface area (Å²) >= 11 is 3.97. The Labute approximate surface area is 99.6 Å². The first-order valence-corrected chi connectivity index (χ1v) is 9.67. The molecule has 0 bridgehead atoms. The van der Waals surface area contributed by atoms with Gasteiger partial charge in [0.2, 0.25) is 0 Å². The van der Waals surface area contributed by atoms with Crippen LogP contribution in [0.3, 0.4) is 0 Å². The van der Waals surface area contributed by atoms with Crippen LogP contribution in [-0.4, -0.2) is 8.07 Å². The van der Waals surface area contributed by atoms with Crippen molar-refractivity contribution in [2.75, 3.05) is 0 Å². The topological polar surface area (TPSA) is 0 Å². The molecule has 0 saturated carbocycles. The molecule has 1 aliphatic heterocycles. The Morgan fingerprint density at radius 1 is 0.867 bits per heavy atom. The lowest BCUT2D eigenvalue weighted by Gasteiger charge is -2.23. The average Bonchev–Trinajstić information content (AvgIpc) is 3.02. The number of hydrogen-bond donors (Lipinski definition) is 0. The molecule has 78 valence electrons. The molecule has 1 fully saturated rings. The minimum absolute atomic E-state index is 1.24. The van der Waals surface area contributed by atoms with Gasteiger partial charge in [0.15, 0.2) is 0 Å². The van der Waals surface area contributed by atoms with E-state index < -0.39 is 8.07 Å². The van der Waals surface area contributed by atoms with Crippen LogP contribution in [0.25, 0.3) is 0 Å². The van der Waals surface area contributed by atoms with Crippen molar-refractivity contribution in [3.63, 3.8) is 0 Å². The van der Waals surface area contributed by atoms with Gasteiger partial charge in [-0.1, -0.05) is 37.1 Å². The molecule has 0 aromatic carbocycles. The predicted molar refractivity (Wildman–Crippen MR) is 72.5 cm³/mol. The normalized spacial score (nSPS) is 19.5. The summed E-state index contributed by atoms with van der Waals surface area (Å²) in [5.74, 6) is 0. The minimum atomic E-state index is -1.24. The van der Waals surface area contributed by atoms with Gasteiger partial charge in [-0.2, -0.15) is 22.7 Å². The molecule has 0 amide bonds. The molecule has 0 spiro atoms. The van der Waals surface area contributed by atoms with E-state index in [1.165, 1.54) is 24.9 Å². The van der Waals surface area contributed by atoms with Crippen LogP contribution in [0.4, 0.5) is 0 Å². The van der Waals surface area contributed by atoms with Gasteiger partial charge in [0.1, 0.15) is 8.07 Å². The van der Waals surface area contributed by atoms with E-state index in [1.807, 2.05) is 22.7 Å². The molecule has 3 heteroatoms. The van der Waals surface area contributed by atoms with Gasteiger partial charge in [0.25, 0.3) is 0 Å². The Morgan fingerprint density at radius 3 is 1.80 bits per heavy atom. The molecular weight excluding hydrogens is 236 g/mol. The quantitative estimate of drug-likeness (QED) is 0.718. The second-order valence-corrected chi connectivity index (χ2v) is 11.1. The molecule has 2 aromatic heterocycles. The number of rotatable bonds is 2. The molecular formula is C12H14S2Si. The van der Waals surface area contributed by atoms with Crippen molar-refractivity contribution in [3.8, 4) is 0 Å². The summed E-state index contributed by atoms with van der Waals surface area (Å²) in [5.41, 5.74) is 0. The summed E-state index contributed by atoms with van der Waals surface area (Å²) < 4.78 is 3.42. The fourth-order valence-corrected chi connectivity index (χ4v) is 11.9. The highest BCUT2D eigenvalue weighted by atomic mass is 32.1. The fraction of sp³-hybridized carbons (Fsp3) is 0.333. The maximum atomic E-state index is 2.38. The van der Waals surface area contributed by atoms with Crippen LogP contribution < -0.4 is 9.00 Å². The van der Waals surface area contributed by atoms with E-state index in [-0.39, 0.29) is 0 Å². The first-order chi connectivity index (χ1) is 7.42. The van der Waals surface area contributed by atoms with Gasteiger partial charge in [-0.15, -0.1) is 0 Å². The van der Waals surface area contributed by atoms with Crippen LogP contribution in [-0.2, 0) is 0 Å². The van der Waals surface area contributed by atoms with E-state index in [0.717, 1.165) is 0 Å². The summed E-state index contributed by atoms with van der Waals surface area (Å²) in [6.45, 7) is 0. The molecule has 15 heavy (non-hydrogen) atoms. The molecule has 1 saturated heterocycles. The maximum Gasteiger partial charge on any atom is 0.143 e. The molecule has 0 aliphatic carbocycles. The van der Waals surface area contributed by atoms with Crippen molar-refractivity contribution < 1.29 is 0 Å². The van der Waals surface area contributed by atoms with E-state index in [0.29, 0.717) is 0 Å². The van der Waals surface area contributed by atoms with Crippen molar-refractivity contribution in [1.82, 2.24) is 0 Å². The summed E-state index contributed by atoms with van der Waals surface area (Å²) in [4.78, 5) is 0. The Balaban J connectivity index is 2.10. The van der Waals surface area contributed by atoms with Crippen molar-refractivity contribution in [1.29, 1.82) is 0 Å². The van der Waals surface area contributed by atoms with Gasteiger partial charge >= 0.3 is 0 Å². The molecule has 0 atom stereocenters. The van der Waals surface area contributed by atoms with Crippen LogP contribution in [0.15, 0.2) is 35.0 Å². The van der Waals surface area contributed by atoms with Crippen LogP contribution >= 0.6 is 22.7 Å². The lowest BCUT2D eigenvalue weighted by atomic mass is 10.4. The highest BCUT2D eigenvalue weighted by molar-refractivity contribution is 7.36. The summed E-state index contributed by atoms with van der Waals surface area (Å²) in [6, 6.07) is 12.2. The Bertz CT molecular complexity index is 374. The van der Waals surface area contributed by atoms with Gasteiger partial charge in [0.05, 0.1) is 0 Å². The largest absolute Gasteiger partial charge is 0.153 e. The minimum Gasteiger partial charge on any atom is -0.153 e. The summed E-state index contributed by atoms with van der Waals surface area (Å²) in [5, 5.41) is 4.49. The molecule has 1 aliphatic rings. The fourth-order valence-electron chi connectivity index (χ4n) is 2.69. The molecule has 0 radical (unpaired) electrons. The van der Waals surface area contributed by atoms with E-state index in [9.17, 15) is 0 Å². The lowest BCUT2D eigenvalue weighted by molar-refractivity contribution is 0.935. The van der Waals surface area contributed by atoms with Crippen molar-refractivity contribution in [3.05, 3.63) is 35.0 Å². The molecule has 0 unspecified atom stereocenters. The third-order valence-corrected chi connectivity index (χ3v) is 12.5. The zero-order chi connectivity index (χ0) is 10.1. The average molecular weight is 250 g/mol. The SMILES string of the molecule is c1csc([Si]2(c3cccs3)CCCC2)c1. The predicted octanol–water partition coefficient (Wildman–Crippen LogP) is 3.17. The lowest BCUT2D eigenvalue weighted by Crippen LogP contribution is -2.53. The standard InChI is InChI=1S/C12H14S2Si/c1-2-10-15(9-1,11-5-3-7-13-11)12-6-4-8-14-12/h3-8H,1-2,9-10H2. The van der Waals surface area contributed by atoms with Gasteiger partial charge in [-0.3, -0.25) is 0 Å². The number of thiophene rings is 2. The molecule has 2 aromatic rings. The second kappa shape index (κ2) is 3.89. The van der Waals surface area contributed by atoms with E-state index in [2.05, 4.69) is 35.0 Å². The Kier molecular flexibility index (Phi) is 2.54. The highest BCUT2D eigenvalue weighted by Gasteiger charge is 2.41. The van der Waals surface area contributed by atoms with Crippen LogP contribution in [0.2, 0.25) is 12.1 Å². The molecule has 3 heterocycles. The van der Waals surface area contributed by atoms with Gasteiger partial charge < -0.3 is 0 Å². The summed E-state index contributed by atoms with van der Waals surface area (Å²) in [7, 11) is -1.24. The van der Waals surface area contributed by atoms with E-state index in [4.69, 9.17) is 0 Å². The first-order valence-electron chi connectivity index (χ1n) is 5.50. The number of hydrogen-bond acceptors (Lipinski definition) is 2. The van der Waals surface area contributed by atoms with Crippen LogP contribution in [0.5, 0.6) is 0 Å². The van der Waals surface area contributed by atoms with Crippen molar-refractivity contribution in [2.24, 2.45) is 0 Å². The van der Waals surface area contributed by atoms with E-state index >= 15 is 0 Å². The highest BCUT2D eigenvalue weighted by Crippen LogP contribution is 2.31. The van der Waals surface area contributed by atoms with Gasteiger partial charge in [0, 0.05) is 0 Å². The van der Waals surface area contributed by atoms with Crippen LogP contribution in [0, 0.1) is 0 Å². The van der Waals surface area contributed by atoms with Crippen molar-refractivity contribution in [2.45, 2.75) is 24.9 Å². The van der Waals surface area contributed by atoms with Gasteiger partial charge in [-0.05, 0) is 31.8 Å². The smallest absolute Gasteiger partial charge is 0.143 e. The van der Waals surface area contributed by atoms with Crippen LogP contribution in [0.1, 0.15) is 12.8 Å². The monoisotopic (exact) mass is 250 g/mol. The first kappa shape index (κ1) is 9.82. The van der Waals surface area contributed by atoms with Crippen molar-refractivity contribution >= 4 is 39.7 Å². The van der Waals surface area contributed by atoms with E-state index in [1.54, 1.807) is 9.00 Å². The second-order valence-electron chi connectivity index (χ2n) is 4.24. The maximum absolute atomic E-state index is 2.38. The molecule has 0 nitrogen and oxygen atoms in total.